The molecule has 0 heterocycles. The van der Waals surface area contributed by atoms with Gasteiger partial charge in [0.1, 0.15) is 11.4 Å². The fraction of sp³-hybridized carbons (Fsp3) is 0.217. The third-order valence-electron chi connectivity index (χ3n) is 4.86. The van der Waals surface area contributed by atoms with E-state index in [1.54, 1.807) is 7.11 Å². The lowest BCUT2D eigenvalue weighted by atomic mass is 9.72. The second-order valence-corrected chi connectivity index (χ2v) is 6.23. The van der Waals surface area contributed by atoms with Gasteiger partial charge in [0, 0.05) is 5.92 Å². The number of ether oxygens (including phenoxy) is 1. The van der Waals surface area contributed by atoms with E-state index in [9.17, 15) is 5.11 Å². The van der Waals surface area contributed by atoms with Gasteiger partial charge in [-0.25, -0.2) is 0 Å². The van der Waals surface area contributed by atoms with Gasteiger partial charge in [0.2, 0.25) is 0 Å². The van der Waals surface area contributed by atoms with Crippen LogP contribution in [0.2, 0.25) is 0 Å². The number of hydrogen-bond donors (Lipinski definition) is 1. The van der Waals surface area contributed by atoms with Crippen molar-refractivity contribution in [2.45, 2.75) is 24.9 Å². The van der Waals surface area contributed by atoms with Crippen LogP contribution in [0.15, 0.2) is 84.9 Å². The van der Waals surface area contributed by atoms with Crippen LogP contribution in [0.5, 0.6) is 5.75 Å². The number of rotatable bonds is 6. The van der Waals surface area contributed by atoms with E-state index in [2.05, 4.69) is 19.1 Å². The Kier molecular flexibility index (Phi) is 5.20. The molecule has 25 heavy (non-hydrogen) atoms. The first kappa shape index (κ1) is 17.2. The molecule has 0 amide bonds. The minimum Gasteiger partial charge on any atom is -0.497 e. The van der Waals surface area contributed by atoms with E-state index < -0.39 is 5.60 Å². The summed E-state index contributed by atoms with van der Waals surface area (Å²) in [4.78, 5) is 0. The topological polar surface area (TPSA) is 29.5 Å². The molecule has 128 valence electrons. The summed E-state index contributed by atoms with van der Waals surface area (Å²) in [5.74, 6) is 0.733. The van der Waals surface area contributed by atoms with Crippen molar-refractivity contribution in [1.82, 2.24) is 0 Å². The lowest BCUT2D eigenvalue weighted by Crippen LogP contribution is -2.34. The Morgan fingerprint density at radius 1 is 0.800 bits per heavy atom. The van der Waals surface area contributed by atoms with Crippen LogP contribution in [0.4, 0.5) is 0 Å². The molecule has 3 rings (SSSR count). The zero-order valence-corrected chi connectivity index (χ0v) is 14.7. The maximum Gasteiger partial charge on any atom is 0.121 e. The molecule has 2 nitrogen and oxygen atoms in total. The van der Waals surface area contributed by atoms with E-state index in [0.717, 1.165) is 28.9 Å². The van der Waals surface area contributed by atoms with Crippen molar-refractivity contribution in [3.8, 4) is 5.75 Å². The molecule has 0 bridgehead atoms. The number of benzene rings is 3. The van der Waals surface area contributed by atoms with Crippen molar-refractivity contribution >= 4 is 0 Å². The average molecular weight is 332 g/mol. The van der Waals surface area contributed by atoms with Crippen molar-refractivity contribution in [3.05, 3.63) is 102 Å². The Balaban J connectivity index is 2.17. The third-order valence-corrected chi connectivity index (χ3v) is 4.86. The summed E-state index contributed by atoms with van der Waals surface area (Å²) in [5.41, 5.74) is 1.79. The van der Waals surface area contributed by atoms with Crippen LogP contribution in [0.3, 0.4) is 0 Å². The Morgan fingerprint density at radius 3 is 1.84 bits per heavy atom. The molecule has 2 heteroatoms. The predicted octanol–water partition coefficient (Wildman–Crippen LogP) is 5.12. The highest BCUT2D eigenvalue weighted by molar-refractivity contribution is 5.43. The van der Waals surface area contributed by atoms with Crippen LogP contribution >= 0.6 is 0 Å². The van der Waals surface area contributed by atoms with Gasteiger partial charge >= 0.3 is 0 Å². The minimum atomic E-state index is -1.11. The minimum absolute atomic E-state index is 0.0514. The van der Waals surface area contributed by atoms with E-state index >= 15 is 0 Å². The van der Waals surface area contributed by atoms with Crippen LogP contribution in [0.1, 0.15) is 36.0 Å². The van der Waals surface area contributed by atoms with Gasteiger partial charge in [-0.1, -0.05) is 79.7 Å². The van der Waals surface area contributed by atoms with Crippen LogP contribution in [-0.4, -0.2) is 12.2 Å². The van der Waals surface area contributed by atoms with Gasteiger partial charge in [-0.3, -0.25) is 0 Å². The lowest BCUT2D eigenvalue weighted by Gasteiger charge is -2.37. The fourth-order valence-corrected chi connectivity index (χ4v) is 3.56. The molecule has 0 fully saturated rings. The second kappa shape index (κ2) is 7.54. The first-order valence-electron chi connectivity index (χ1n) is 8.67. The van der Waals surface area contributed by atoms with Gasteiger partial charge in [-0.15, -0.1) is 0 Å². The molecule has 2 atom stereocenters. The molecule has 3 aromatic carbocycles. The highest BCUT2D eigenvalue weighted by Crippen LogP contribution is 2.44. The lowest BCUT2D eigenvalue weighted by molar-refractivity contribution is 0.0476. The molecule has 0 saturated heterocycles. The Labute approximate surface area is 149 Å². The Hall–Kier alpha value is -2.58. The van der Waals surface area contributed by atoms with Crippen molar-refractivity contribution in [2.24, 2.45) is 0 Å². The number of methoxy groups -OCH3 is 1. The summed E-state index contributed by atoms with van der Waals surface area (Å²) in [5, 5.41) is 12.0. The third kappa shape index (κ3) is 3.31. The maximum atomic E-state index is 12.0. The molecule has 1 N–H and O–H groups in total. The van der Waals surface area contributed by atoms with Gasteiger partial charge in [0.05, 0.1) is 7.11 Å². The fourth-order valence-electron chi connectivity index (χ4n) is 3.56. The molecular weight excluding hydrogens is 308 g/mol. The summed E-state index contributed by atoms with van der Waals surface area (Å²) in [6.07, 6.45) is 0.821. The first-order valence-corrected chi connectivity index (χ1v) is 8.67. The summed E-state index contributed by atoms with van der Waals surface area (Å²) >= 11 is 0. The molecule has 0 aromatic heterocycles. The summed E-state index contributed by atoms with van der Waals surface area (Å²) in [6.45, 7) is 2.12. The van der Waals surface area contributed by atoms with Crippen molar-refractivity contribution in [3.63, 3.8) is 0 Å². The monoisotopic (exact) mass is 332 g/mol. The summed E-state index contributed by atoms with van der Waals surface area (Å²) in [7, 11) is 1.65. The van der Waals surface area contributed by atoms with Gasteiger partial charge in [0.25, 0.3) is 0 Å². The van der Waals surface area contributed by atoms with E-state index in [4.69, 9.17) is 4.74 Å². The highest BCUT2D eigenvalue weighted by atomic mass is 16.5. The number of aliphatic hydroxyl groups is 1. The zero-order valence-electron chi connectivity index (χ0n) is 14.7. The van der Waals surface area contributed by atoms with Gasteiger partial charge in [-0.05, 0) is 35.2 Å². The van der Waals surface area contributed by atoms with Crippen LogP contribution < -0.4 is 4.74 Å². The molecule has 2 unspecified atom stereocenters. The molecule has 0 aliphatic heterocycles. The molecule has 0 saturated carbocycles. The largest absolute Gasteiger partial charge is 0.497 e. The Morgan fingerprint density at radius 2 is 1.32 bits per heavy atom. The normalized spacial score (nSPS) is 14.5. The average Bonchev–Trinajstić information content (AvgIpc) is 2.70. The van der Waals surface area contributed by atoms with E-state index in [1.807, 2.05) is 72.8 Å². The molecule has 3 aromatic rings. The molecule has 0 spiro atoms. The van der Waals surface area contributed by atoms with Gasteiger partial charge in [0.15, 0.2) is 0 Å². The van der Waals surface area contributed by atoms with E-state index in [1.165, 1.54) is 0 Å². The zero-order chi connectivity index (χ0) is 17.7. The maximum absolute atomic E-state index is 12.0. The quantitative estimate of drug-likeness (QED) is 0.678. The highest BCUT2D eigenvalue weighted by Gasteiger charge is 2.40. The summed E-state index contributed by atoms with van der Waals surface area (Å²) < 4.78 is 5.28. The van der Waals surface area contributed by atoms with E-state index in [-0.39, 0.29) is 5.92 Å². The molecule has 0 aliphatic rings. The van der Waals surface area contributed by atoms with Crippen molar-refractivity contribution in [2.75, 3.05) is 7.11 Å². The van der Waals surface area contributed by atoms with Crippen LogP contribution in [-0.2, 0) is 5.60 Å². The molecule has 0 aliphatic carbocycles. The van der Waals surface area contributed by atoms with E-state index in [0.29, 0.717) is 0 Å². The SMILES string of the molecule is CCC(c1ccccc1)C(O)(c1ccccc1)c1ccc(OC)cc1. The standard InChI is InChI=1S/C23H24O2/c1-3-22(18-10-6-4-7-11-18)23(24,19-12-8-5-9-13-19)20-14-16-21(25-2)17-15-20/h4-17,22,24H,3H2,1-2H3. The predicted molar refractivity (Wildman–Crippen MR) is 102 cm³/mol. The van der Waals surface area contributed by atoms with Gasteiger partial charge < -0.3 is 9.84 Å². The first-order chi connectivity index (χ1) is 12.2. The van der Waals surface area contributed by atoms with Gasteiger partial charge in [-0.2, -0.15) is 0 Å². The van der Waals surface area contributed by atoms with Crippen molar-refractivity contribution in [1.29, 1.82) is 0 Å². The van der Waals surface area contributed by atoms with Crippen LogP contribution in [0.25, 0.3) is 0 Å². The summed E-state index contributed by atoms with van der Waals surface area (Å²) in [6, 6.07) is 27.9. The van der Waals surface area contributed by atoms with Crippen molar-refractivity contribution < 1.29 is 9.84 Å². The smallest absolute Gasteiger partial charge is 0.121 e. The number of hydrogen-bond acceptors (Lipinski definition) is 2. The van der Waals surface area contributed by atoms with Crippen LogP contribution in [0, 0.1) is 0 Å². The second-order valence-electron chi connectivity index (χ2n) is 6.23. The Bertz CT molecular complexity index is 781. The molecular formula is C23H24O2. The molecule has 0 radical (unpaired) electrons.